The maximum absolute atomic E-state index is 11.3. The molecule has 8 heteroatoms. The number of benzene rings is 1. The quantitative estimate of drug-likeness (QED) is 0.884. The molecule has 0 bridgehead atoms. The Kier molecular flexibility index (Phi) is 4.05. The van der Waals surface area contributed by atoms with Crippen molar-refractivity contribution in [1.82, 2.24) is 14.8 Å². The Balaban J connectivity index is 2.40. The van der Waals surface area contributed by atoms with Crippen molar-refractivity contribution in [1.29, 1.82) is 0 Å². The van der Waals surface area contributed by atoms with Gasteiger partial charge in [0, 0.05) is 12.6 Å². The first-order valence-electron chi connectivity index (χ1n) is 6.09. The summed E-state index contributed by atoms with van der Waals surface area (Å²) < 4.78 is 29.5. The van der Waals surface area contributed by atoms with Gasteiger partial charge in [-0.2, -0.15) is 0 Å². The van der Waals surface area contributed by atoms with Crippen LogP contribution in [0.4, 0.5) is 0 Å². The van der Waals surface area contributed by atoms with Crippen LogP contribution in [0.25, 0.3) is 11.4 Å². The molecule has 2 aromatic rings. The summed E-state index contributed by atoms with van der Waals surface area (Å²) in [6.07, 6.45) is 0.907. The Morgan fingerprint density at radius 3 is 2.70 bits per heavy atom. The molecule has 0 saturated heterocycles. The lowest BCUT2D eigenvalue weighted by molar-refractivity contribution is 0.317. The third-order valence-corrected chi connectivity index (χ3v) is 3.52. The molecule has 7 nitrogen and oxygen atoms in total. The molecule has 0 fully saturated rings. The molecule has 0 radical (unpaired) electrons. The van der Waals surface area contributed by atoms with Gasteiger partial charge >= 0.3 is 0 Å². The van der Waals surface area contributed by atoms with E-state index in [-0.39, 0.29) is 5.16 Å². The lowest BCUT2D eigenvalue weighted by atomic mass is 10.2. The number of hydrogen-bond acceptors (Lipinski definition) is 5. The second kappa shape index (κ2) is 5.59. The summed E-state index contributed by atoms with van der Waals surface area (Å²) in [5.41, 5.74) is 0.712. The van der Waals surface area contributed by atoms with E-state index in [1.807, 2.05) is 19.1 Å². The Hall–Kier alpha value is -1.93. The fourth-order valence-corrected chi connectivity index (χ4v) is 2.38. The SMILES string of the molecule is CCCOc1cccc(-c2nnc(S(N)(=O)=O)n2C)c1. The van der Waals surface area contributed by atoms with Crippen LogP contribution in [-0.2, 0) is 17.1 Å². The van der Waals surface area contributed by atoms with Gasteiger partial charge in [0.1, 0.15) is 5.75 Å². The number of nitrogens with two attached hydrogens (primary N) is 1. The first kappa shape index (κ1) is 14.5. The highest BCUT2D eigenvalue weighted by Gasteiger charge is 2.19. The molecule has 0 atom stereocenters. The zero-order chi connectivity index (χ0) is 14.8. The molecule has 1 heterocycles. The Morgan fingerprint density at radius 2 is 2.10 bits per heavy atom. The summed E-state index contributed by atoms with van der Waals surface area (Å²) in [5, 5.41) is 12.3. The van der Waals surface area contributed by atoms with E-state index < -0.39 is 10.0 Å². The van der Waals surface area contributed by atoms with Crippen molar-refractivity contribution in [3.8, 4) is 17.1 Å². The number of ether oxygens (including phenoxy) is 1. The van der Waals surface area contributed by atoms with Gasteiger partial charge in [0.15, 0.2) is 5.82 Å². The number of primary sulfonamides is 1. The second-order valence-corrected chi connectivity index (χ2v) is 5.74. The van der Waals surface area contributed by atoms with Crippen LogP contribution >= 0.6 is 0 Å². The van der Waals surface area contributed by atoms with E-state index in [2.05, 4.69) is 10.2 Å². The van der Waals surface area contributed by atoms with E-state index >= 15 is 0 Å². The van der Waals surface area contributed by atoms with E-state index in [1.165, 1.54) is 4.57 Å². The van der Waals surface area contributed by atoms with Crippen molar-refractivity contribution in [3.63, 3.8) is 0 Å². The van der Waals surface area contributed by atoms with E-state index in [0.717, 1.165) is 6.42 Å². The lowest BCUT2D eigenvalue weighted by Crippen LogP contribution is -2.17. The van der Waals surface area contributed by atoms with E-state index in [4.69, 9.17) is 9.88 Å². The van der Waals surface area contributed by atoms with E-state index in [1.54, 1.807) is 19.2 Å². The molecular weight excluding hydrogens is 280 g/mol. The third kappa shape index (κ3) is 2.97. The summed E-state index contributed by atoms with van der Waals surface area (Å²) in [5.74, 6) is 1.11. The molecule has 0 aliphatic carbocycles. The van der Waals surface area contributed by atoms with Crippen molar-refractivity contribution >= 4 is 10.0 Å². The Morgan fingerprint density at radius 1 is 1.35 bits per heavy atom. The highest BCUT2D eigenvalue weighted by atomic mass is 32.2. The average molecular weight is 296 g/mol. The number of nitrogens with zero attached hydrogens (tertiary/aromatic N) is 3. The van der Waals surface area contributed by atoms with Gasteiger partial charge in [-0.25, -0.2) is 13.6 Å². The van der Waals surface area contributed by atoms with Crippen molar-refractivity contribution < 1.29 is 13.2 Å². The fourth-order valence-electron chi connectivity index (χ4n) is 1.76. The van der Waals surface area contributed by atoms with Gasteiger partial charge in [0.2, 0.25) is 0 Å². The normalized spacial score (nSPS) is 11.6. The summed E-state index contributed by atoms with van der Waals surface area (Å²) in [6.45, 7) is 2.63. The standard InChI is InChI=1S/C12H16N4O3S/c1-3-7-19-10-6-4-5-9(8-10)11-14-15-12(16(11)2)20(13,17)18/h4-6,8H,3,7H2,1-2H3,(H2,13,17,18). The molecule has 108 valence electrons. The first-order valence-corrected chi connectivity index (χ1v) is 7.63. The van der Waals surface area contributed by atoms with E-state index in [9.17, 15) is 8.42 Å². The molecule has 0 spiro atoms. The smallest absolute Gasteiger partial charge is 0.273 e. The number of rotatable bonds is 5. The molecule has 0 amide bonds. The van der Waals surface area contributed by atoms with Crippen LogP contribution in [0.15, 0.2) is 29.4 Å². The molecule has 0 saturated carbocycles. The highest BCUT2D eigenvalue weighted by Crippen LogP contribution is 2.23. The lowest BCUT2D eigenvalue weighted by Gasteiger charge is -2.07. The second-order valence-electron chi connectivity index (χ2n) is 4.29. The third-order valence-electron chi connectivity index (χ3n) is 2.65. The maximum atomic E-state index is 11.3. The van der Waals surface area contributed by atoms with Gasteiger partial charge in [0.05, 0.1) is 6.61 Å². The minimum Gasteiger partial charge on any atom is -0.494 e. The van der Waals surface area contributed by atoms with Gasteiger partial charge in [0.25, 0.3) is 15.2 Å². The van der Waals surface area contributed by atoms with Crippen molar-refractivity contribution in [2.45, 2.75) is 18.5 Å². The van der Waals surface area contributed by atoms with Gasteiger partial charge < -0.3 is 4.74 Å². The number of aromatic nitrogens is 3. The minimum atomic E-state index is -3.89. The van der Waals surface area contributed by atoms with Crippen molar-refractivity contribution in [2.24, 2.45) is 12.2 Å². The zero-order valence-corrected chi connectivity index (χ0v) is 12.1. The fraction of sp³-hybridized carbons (Fsp3) is 0.333. The largest absolute Gasteiger partial charge is 0.494 e. The van der Waals surface area contributed by atoms with Gasteiger partial charge in [-0.05, 0) is 18.6 Å². The molecule has 0 aliphatic rings. The van der Waals surface area contributed by atoms with Crippen molar-refractivity contribution in [3.05, 3.63) is 24.3 Å². The summed E-state index contributed by atoms with van der Waals surface area (Å²) in [6, 6.07) is 7.23. The topological polar surface area (TPSA) is 100 Å². The maximum Gasteiger partial charge on any atom is 0.273 e. The summed E-state index contributed by atoms with van der Waals surface area (Å²) in [4.78, 5) is 0. The Labute approximate surface area is 117 Å². The molecular formula is C12H16N4O3S. The van der Waals surface area contributed by atoms with Crippen LogP contribution in [0.1, 0.15) is 13.3 Å². The molecule has 0 aliphatic heterocycles. The van der Waals surface area contributed by atoms with Gasteiger partial charge in [-0.1, -0.05) is 19.1 Å². The van der Waals surface area contributed by atoms with Crippen LogP contribution in [0.2, 0.25) is 0 Å². The van der Waals surface area contributed by atoms with Gasteiger partial charge in [-0.3, -0.25) is 4.57 Å². The number of sulfonamides is 1. The van der Waals surface area contributed by atoms with Crippen LogP contribution in [-0.4, -0.2) is 29.8 Å². The molecule has 1 aromatic carbocycles. The Bertz CT molecular complexity index is 709. The zero-order valence-electron chi connectivity index (χ0n) is 11.3. The first-order chi connectivity index (χ1) is 9.43. The van der Waals surface area contributed by atoms with Crippen LogP contribution in [0.5, 0.6) is 5.75 Å². The molecule has 1 aromatic heterocycles. The predicted molar refractivity (Wildman–Crippen MR) is 73.6 cm³/mol. The van der Waals surface area contributed by atoms with Crippen molar-refractivity contribution in [2.75, 3.05) is 6.61 Å². The average Bonchev–Trinajstić information content (AvgIpc) is 2.78. The predicted octanol–water partition coefficient (Wildman–Crippen LogP) is 0.918. The molecule has 2 N–H and O–H groups in total. The summed E-state index contributed by atoms with van der Waals surface area (Å²) >= 11 is 0. The van der Waals surface area contributed by atoms with E-state index in [0.29, 0.717) is 23.7 Å². The summed E-state index contributed by atoms with van der Waals surface area (Å²) in [7, 11) is -2.34. The highest BCUT2D eigenvalue weighted by molar-refractivity contribution is 7.89. The number of hydrogen-bond donors (Lipinski definition) is 1. The van der Waals surface area contributed by atoms with Gasteiger partial charge in [-0.15, -0.1) is 10.2 Å². The molecule has 0 unspecified atom stereocenters. The molecule has 20 heavy (non-hydrogen) atoms. The monoisotopic (exact) mass is 296 g/mol. The minimum absolute atomic E-state index is 0.271. The van der Waals surface area contributed by atoms with Crippen LogP contribution < -0.4 is 9.88 Å². The van der Waals surface area contributed by atoms with Crippen LogP contribution in [0, 0.1) is 0 Å². The van der Waals surface area contributed by atoms with Crippen LogP contribution in [0.3, 0.4) is 0 Å². The molecule has 2 rings (SSSR count).